The number of anilines is 1. The van der Waals surface area contributed by atoms with Gasteiger partial charge in [-0.1, -0.05) is 72.8 Å². The number of fused-ring (bicyclic) bond motifs is 2. The van der Waals surface area contributed by atoms with Crippen molar-refractivity contribution in [2.75, 3.05) is 38.3 Å². The average molecular weight is 556 g/mol. The van der Waals surface area contributed by atoms with Gasteiger partial charge in [0.05, 0.1) is 19.3 Å². The summed E-state index contributed by atoms with van der Waals surface area (Å²) in [6, 6.07) is 32.9. The summed E-state index contributed by atoms with van der Waals surface area (Å²) in [5.74, 6) is 1.21. The molecule has 4 aromatic carbocycles. The van der Waals surface area contributed by atoms with Crippen molar-refractivity contribution >= 4 is 22.4 Å². The van der Waals surface area contributed by atoms with E-state index in [0.717, 1.165) is 47.7 Å². The maximum absolute atomic E-state index is 13.5. The molecule has 0 saturated carbocycles. The fourth-order valence-electron chi connectivity index (χ4n) is 6.07. The number of pyridine rings is 1. The molecule has 1 amide bonds. The average Bonchev–Trinajstić information content (AvgIpc) is 3.68. The van der Waals surface area contributed by atoms with E-state index in [1.807, 2.05) is 30.3 Å². The van der Waals surface area contributed by atoms with Gasteiger partial charge in [0, 0.05) is 29.4 Å². The Bertz CT molecular complexity index is 1750. The van der Waals surface area contributed by atoms with Crippen LogP contribution in [0.2, 0.25) is 0 Å². The first-order valence-corrected chi connectivity index (χ1v) is 14.6. The molecule has 1 fully saturated rings. The van der Waals surface area contributed by atoms with Crippen LogP contribution in [0.4, 0.5) is 5.69 Å². The van der Waals surface area contributed by atoms with Crippen LogP contribution < -0.4 is 14.4 Å². The number of likely N-dealkylation sites (tertiary alicyclic amines) is 1. The van der Waals surface area contributed by atoms with E-state index in [1.165, 1.54) is 29.2 Å². The Morgan fingerprint density at radius 3 is 2.43 bits per heavy atom. The number of hydrogen-bond donors (Lipinski definition) is 0. The van der Waals surface area contributed by atoms with Crippen molar-refractivity contribution in [1.82, 2.24) is 9.88 Å². The molecule has 0 unspecified atom stereocenters. The van der Waals surface area contributed by atoms with Gasteiger partial charge in [-0.25, -0.2) is 4.98 Å². The lowest BCUT2D eigenvalue weighted by atomic mass is 9.97. The van der Waals surface area contributed by atoms with Crippen LogP contribution in [0.15, 0.2) is 97.1 Å². The van der Waals surface area contributed by atoms with Gasteiger partial charge < -0.3 is 14.4 Å². The minimum absolute atomic E-state index is 0.107. The maximum Gasteiger partial charge on any atom is 0.277 e. The Morgan fingerprint density at radius 2 is 1.60 bits per heavy atom. The normalized spacial score (nSPS) is 14.9. The predicted molar refractivity (Wildman–Crippen MR) is 167 cm³/mol. The highest BCUT2D eigenvalue weighted by Crippen LogP contribution is 2.36. The molecule has 5 aromatic rings. The maximum atomic E-state index is 13.5. The molecule has 0 N–H and O–H groups in total. The SMILES string of the molecule is COc1cc(N2Cc3ccc(-c4ccc(-c5cccc6ccccc56)cc4)nc3C2=O)ccc1OCCN1CCCC1. The second kappa shape index (κ2) is 11.3. The molecule has 1 saturated heterocycles. The minimum atomic E-state index is -0.107. The molecule has 210 valence electrons. The summed E-state index contributed by atoms with van der Waals surface area (Å²) < 4.78 is 11.7. The molecule has 1 aromatic heterocycles. The van der Waals surface area contributed by atoms with Gasteiger partial charge >= 0.3 is 0 Å². The third-order valence-electron chi connectivity index (χ3n) is 8.36. The molecule has 42 heavy (non-hydrogen) atoms. The molecule has 0 bridgehead atoms. The first-order chi connectivity index (χ1) is 20.7. The molecule has 2 aliphatic heterocycles. The molecule has 6 heteroatoms. The third kappa shape index (κ3) is 4.99. The minimum Gasteiger partial charge on any atom is -0.493 e. The highest BCUT2D eigenvalue weighted by atomic mass is 16.5. The molecule has 2 aliphatic rings. The van der Waals surface area contributed by atoms with Crippen molar-refractivity contribution in [3.05, 3.63) is 108 Å². The van der Waals surface area contributed by atoms with E-state index >= 15 is 0 Å². The third-order valence-corrected chi connectivity index (χ3v) is 8.36. The standard InChI is InChI=1S/C36H33N3O3/c1-41-34-23-29(16-18-33(34)42-22-21-38-19-4-5-20-38)39-24-28-15-17-32(37-35(28)36(39)40)27-13-11-26(12-14-27)31-10-6-8-25-7-2-3-9-30(25)31/h2-3,6-18,23H,4-5,19-22,24H2,1H3. The topological polar surface area (TPSA) is 54.9 Å². The zero-order chi connectivity index (χ0) is 28.5. The van der Waals surface area contributed by atoms with Gasteiger partial charge in [0.25, 0.3) is 5.91 Å². The van der Waals surface area contributed by atoms with E-state index in [-0.39, 0.29) is 5.91 Å². The molecule has 0 radical (unpaired) electrons. The van der Waals surface area contributed by atoms with E-state index in [1.54, 1.807) is 12.0 Å². The first kappa shape index (κ1) is 26.2. The van der Waals surface area contributed by atoms with Crippen LogP contribution in [0.3, 0.4) is 0 Å². The number of nitrogens with zero attached hydrogens (tertiary/aromatic N) is 3. The summed E-state index contributed by atoms with van der Waals surface area (Å²) in [4.78, 5) is 22.5. The Hall–Kier alpha value is -4.68. The molecule has 3 heterocycles. The number of ether oxygens (including phenoxy) is 2. The largest absolute Gasteiger partial charge is 0.493 e. The Kier molecular flexibility index (Phi) is 7.06. The molecule has 0 spiro atoms. The van der Waals surface area contributed by atoms with Gasteiger partial charge in [-0.15, -0.1) is 0 Å². The molecule has 6 nitrogen and oxygen atoms in total. The van der Waals surface area contributed by atoms with Crippen molar-refractivity contribution in [2.24, 2.45) is 0 Å². The molecular formula is C36H33N3O3. The first-order valence-electron chi connectivity index (χ1n) is 14.6. The lowest BCUT2D eigenvalue weighted by Gasteiger charge is -2.19. The number of carbonyl (C=O) groups is 1. The Labute approximate surface area is 246 Å². The summed E-state index contributed by atoms with van der Waals surface area (Å²) in [6.45, 7) is 4.27. The van der Waals surface area contributed by atoms with Crippen molar-refractivity contribution in [2.45, 2.75) is 19.4 Å². The van der Waals surface area contributed by atoms with Crippen LogP contribution in [0.1, 0.15) is 28.9 Å². The molecule has 7 rings (SSSR count). The van der Waals surface area contributed by atoms with Gasteiger partial charge in [-0.3, -0.25) is 9.69 Å². The predicted octanol–water partition coefficient (Wildman–Crippen LogP) is 7.21. The quantitative estimate of drug-likeness (QED) is 0.202. The van der Waals surface area contributed by atoms with Gasteiger partial charge in [0.1, 0.15) is 12.3 Å². The Morgan fingerprint density at radius 1 is 0.810 bits per heavy atom. The molecule has 0 aliphatic carbocycles. The lowest BCUT2D eigenvalue weighted by Crippen LogP contribution is -2.25. The van der Waals surface area contributed by atoms with E-state index in [2.05, 4.69) is 71.6 Å². The smallest absolute Gasteiger partial charge is 0.277 e. The number of methoxy groups -OCH3 is 1. The van der Waals surface area contributed by atoms with E-state index in [0.29, 0.717) is 30.3 Å². The summed E-state index contributed by atoms with van der Waals surface area (Å²) in [5, 5.41) is 2.45. The van der Waals surface area contributed by atoms with E-state index in [9.17, 15) is 4.79 Å². The molecular weight excluding hydrogens is 522 g/mol. The zero-order valence-corrected chi connectivity index (χ0v) is 23.8. The Balaban J connectivity index is 1.08. The van der Waals surface area contributed by atoms with Crippen LogP contribution in [0.5, 0.6) is 11.5 Å². The van der Waals surface area contributed by atoms with Crippen LogP contribution in [-0.2, 0) is 6.54 Å². The van der Waals surface area contributed by atoms with Crippen molar-refractivity contribution in [3.8, 4) is 33.9 Å². The summed E-state index contributed by atoms with van der Waals surface area (Å²) in [5.41, 5.74) is 6.29. The zero-order valence-electron chi connectivity index (χ0n) is 23.8. The van der Waals surface area contributed by atoms with Crippen molar-refractivity contribution in [3.63, 3.8) is 0 Å². The van der Waals surface area contributed by atoms with Crippen LogP contribution in [-0.4, -0.2) is 49.1 Å². The van der Waals surface area contributed by atoms with Gasteiger partial charge in [-0.2, -0.15) is 0 Å². The van der Waals surface area contributed by atoms with Gasteiger partial charge in [0.2, 0.25) is 0 Å². The fraction of sp³-hybridized carbons (Fsp3) is 0.222. The number of benzene rings is 4. The number of carbonyl (C=O) groups excluding carboxylic acids is 1. The number of amides is 1. The highest BCUT2D eigenvalue weighted by molar-refractivity contribution is 6.09. The van der Waals surface area contributed by atoms with Crippen LogP contribution in [0, 0.1) is 0 Å². The van der Waals surface area contributed by atoms with Crippen LogP contribution >= 0.6 is 0 Å². The molecule has 0 atom stereocenters. The van der Waals surface area contributed by atoms with Gasteiger partial charge in [0.15, 0.2) is 11.5 Å². The van der Waals surface area contributed by atoms with Crippen molar-refractivity contribution < 1.29 is 14.3 Å². The highest BCUT2D eigenvalue weighted by Gasteiger charge is 2.31. The number of rotatable bonds is 8. The van der Waals surface area contributed by atoms with Crippen molar-refractivity contribution in [1.29, 1.82) is 0 Å². The second-order valence-corrected chi connectivity index (χ2v) is 10.9. The summed E-state index contributed by atoms with van der Waals surface area (Å²) in [7, 11) is 1.63. The lowest BCUT2D eigenvalue weighted by molar-refractivity contribution is 0.0992. The summed E-state index contributed by atoms with van der Waals surface area (Å²) >= 11 is 0. The second-order valence-electron chi connectivity index (χ2n) is 10.9. The van der Waals surface area contributed by atoms with Gasteiger partial charge in [-0.05, 0) is 66.0 Å². The van der Waals surface area contributed by atoms with Crippen LogP contribution in [0.25, 0.3) is 33.2 Å². The number of aromatic nitrogens is 1. The van der Waals surface area contributed by atoms with E-state index in [4.69, 9.17) is 14.5 Å². The van der Waals surface area contributed by atoms with E-state index < -0.39 is 0 Å². The summed E-state index contributed by atoms with van der Waals surface area (Å²) in [6.07, 6.45) is 2.53. The monoisotopic (exact) mass is 555 g/mol. The fourth-order valence-corrected chi connectivity index (χ4v) is 6.07. The number of hydrogen-bond acceptors (Lipinski definition) is 5.